The highest BCUT2D eigenvalue weighted by molar-refractivity contribution is 6.31. The summed E-state index contributed by atoms with van der Waals surface area (Å²) in [6.07, 6.45) is 3.06. The van der Waals surface area contributed by atoms with Crippen molar-refractivity contribution in [1.82, 2.24) is 10.3 Å². The minimum Gasteiger partial charge on any atom is -0.497 e. The highest BCUT2D eigenvalue weighted by Crippen LogP contribution is 2.34. The minimum atomic E-state index is -0.0447. The number of benzene rings is 2. The van der Waals surface area contributed by atoms with Crippen molar-refractivity contribution in [3.8, 4) is 11.8 Å². The summed E-state index contributed by atoms with van der Waals surface area (Å²) < 4.78 is 5.16. The number of ether oxygens (including phenoxy) is 1. The fourth-order valence-corrected chi connectivity index (χ4v) is 4.19. The fraction of sp³-hybridized carbons (Fsp3) is 0.292. The Morgan fingerprint density at radius 3 is 2.68 bits per heavy atom. The van der Waals surface area contributed by atoms with E-state index in [4.69, 9.17) is 16.3 Å². The molecule has 1 fully saturated rings. The van der Waals surface area contributed by atoms with Gasteiger partial charge in [-0.2, -0.15) is 5.26 Å². The van der Waals surface area contributed by atoms with E-state index < -0.39 is 0 Å². The molecule has 1 aliphatic rings. The van der Waals surface area contributed by atoms with Crippen molar-refractivity contribution in [3.05, 3.63) is 64.8 Å². The molecular formula is C24H23ClN4O2. The second-order valence-corrected chi connectivity index (χ2v) is 8.06. The van der Waals surface area contributed by atoms with Crippen molar-refractivity contribution in [2.45, 2.75) is 19.4 Å². The monoisotopic (exact) mass is 434 g/mol. The number of carbonyl (C=O) groups is 1. The van der Waals surface area contributed by atoms with Crippen molar-refractivity contribution in [2.75, 3.05) is 25.1 Å². The third-order valence-electron chi connectivity index (χ3n) is 5.73. The van der Waals surface area contributed by atoms with Gasteiger partial charge in [0.25, 0.3) is 0 Å². The largest absolute Gasteiger partial charge is 0.497 e. The molecule has 31 heavy (non-hydrogen) atoms. The van der Waals surface area contributed by atoms with Crippen LogP contribution in [0.15, 0.2) is 48.7 Å². The van der Waals surface area contributed by atoms with Crippen molar-refractivity contribution in [3.63, 3.8) is 0 Å². The van der Waals surface area contributed by atoms with E-state index in [1.165, 1.54) is 0 Å². The van der Waals surface area contributed by atoms with Gasteiger partial charge >= 0.3 is 0 Å². The molecule has 0 radical (unpaired) electrons. The summed E-state index contributed by atoms with van der Waals surface area (Å²) in [5.74, 6) is 0.819. The summed E-state index contributed by atoms with van der Waals surface area (Å²) in [5.41, 5.74) is 3.22. The highest BCUT2D eigenvalue weighted by atomic mass is 35.5. The Balaban J connectivity index is 1.42. The lowest BCUT2D eigenvalue weighted by atomic mass is 9.94. The predicted molar refractivity (Wildman–Crippen MR) is 121 cm³/mol. The molecule has 0 saturated carbocycles. The SMILES string of the molecule is COc1ccc(CNC(=O)C2CCN(c3c(C#N)cnc4ccc(Cl)cc34)CC2)cc1. The molecule has 2 aromatic carbocycles. The molecule has 3 aromatic rings. The Morgan fingerprint density at radius 2 is 2.00 bits per heavy atom. The Hall–Kier alpha value is -3.30. The molecule has 2 heterocycles. The van der Waals surface area contributed by atoms with Gasteiger partial charge in [-0.25, -0.2) is 0 Å². The van der Waals surface area contributed by atoms with Crippen LogP contribution in [-0.4, -0.2) is 31.1 Å². The first-order valence-corrected chi connectivity index (χ1v) is 10.6. The number of pyridine rings is 1. The third kappa shape index (κ3) is 4.57. The van der Waals surface area contributed by atoms with Crippen LogP contribution < -0.4 is 15.0 Å². The Labute approximate surface area is 186 Å². The molecular weight excluding hydrogens is 412 g/mol. The van der Waals surface area contributed by atoms with Crippen LogP contribution in [0.4, 0.5) is 5.69 Å². The maximum atomic E-state index is 12.7. The zero-order valence-corrected chi connectivity index (χ0v) is 18.0. The van der Waals surface area contributed by atoms with E-state index >= 15 is 0 Å². The van der Waals surface area contributed by atoms with Crippen LogP contribution in [0.5, 0.6) is 5.75 Å². The third-order valence-corrected chi connectivity index (χ3v) is 5.96. The predicted octanol–water partition coefficient (Wildman–Crippen LogP) is 4.30. The van der Waals surface area contributed by atoms with Gasteiger partial charge in [0.15, 0.2) is 0 Å². The minimum absolute atomic E-state index is 0.0447. The van der Waals surface area contributed by atoms with E-state index in [9.17, 15) is 10.1 Å². The quantitative estimate of drug-likeness (QED) is 0.647. The van der Waals surface area contributed by atoms with Crippen LogP contribution >= 0.6 is 11.6 Å². The average Bonchev–Trinajstić information content (AvgIpc) is 2.82. The van der Waals surface area contributed by atoms with E-state index in [2.05, 4.69) is 21.3 Å². The van der Waals surface area contributed by atoms with E-state index in [1.807, 2.05) is 36.4 Å². The summed E-state index contributed by atoms with van der Waals surface area (Å²) in [7, 11) is 1.63. The molecule has 1 N–H and O–H groups in total. The lowest BCUT2D eigenvalue weighted by Crippen LogP contribution is -2.40. The average molecular weight is 435 g/mol. The van der Waals surface area contributed by atoms with Gasteiger partial charge in [0.05, 0.1) is 23.9 Å². The maximum Gasteiger partial charge on any atom is 0.223 e. The number of amides is 1. The van der Waals surface area contributed by atoms with Gasteiger partial charge in [-0.3, -0.25) is 9.78 Å². The molecule has 1 saturated heterocycles. The summed E-state index contributed by atoms with van der Waals surface area (Å²) in [6.45, 7) is 1.89. The lowest BCUT2D eigenvalue weighted by Gasteiger charge is -2.34. The van der Waals surface area contributed by atoms with Gasteiger partial charge in [0.1, 0.15) is 11.8 Å². The van der Waals surface area contributed by atoms with E-state index in [-0.39, 0.29) is 11.8 Å². The standard InChI is InChI=1S/C24H23ClN4O2/c1-31-20-5-2-16(3-6-20)14-28-24(30)17-8-10-29(11-9-17)23-18(13-26)15-27-22-7-4-19(25)12-21(22)23/h2-7,12,15,17H,8-11,14H2,1H3,(H,28,30). The number of nitriles is 1. The fourth-order valence-electron chi connectivity index (χ4n) is 4.02. The maximum absolute atomic E-state index is 12.7. The zero-order chi connectivity index (χ0) is 21.8. The first kappa shape index (κ1) is 21.0. The van der Waals surface area contributed by atoms with Crippen LogP contribution in [0.2, 0.25) is 5.02 Å². The number of methoxy groups -OCH3 is 1. The number of anilines is 1. The van der Waals surface area contributed by atoms with Crippen molar-refractivity contribution in [1.29, 1.82) is 5.26 Å². The van der Waals surface area contributed by atoms with Gasteiger partial charge in [0.2, 0.25) is 5.91 Å². The van der Waals surface area contributed by atoms with Crippen LogP contribution in [0.25, 0.3) is 10.9 Å². The number of halogens is 1. The number of fused-ring (bicyclic) bond motifs is 1. The first-order valence-electron chi connectivity index (χ1n) is 10.2. The molecule has 0 aliphatic carbocycles. The number of aromatic nitrogens is 1. The highest BCUT2D eigenvalue weighted by Gasteiger charge is 2.27. The van der Waals surface area contributed by atoms with Crippen molar-refractivity contribution in [2.24, 2.45) is 5.92 Å². The Morgan fingerprint density at radius 1 is 1.26 bits per heavy atom. The zero-order valence-electron chi connectivity index (χ0n) is 17.3. The lowest BCUT2D eigenvalue weighted by molar-refractivity contribution is -0.125. The molecule has 0 atom stereocenters. The van der Waals surface area contributed by atoms with Gasteiger partial charge in [0, 0.05) is 42.2 Å². The Bertz CT molecular complexity index is 1130. The Kier molecular flexibility index (Phi) is 6.24. The molecule has 0 bridgehead atoms. The molecule has 6 nitrogen and oxygen atoms in total. The summed E-state index contributed by atoms with van der Waals surface area (Å²) in [4.78, 5) is 19.2. The molecule has 158 valence electrons. The van der Waals surface area contributed by atoms with Crippen LogP contribution in [-0.2, 0) is 11.3 Å². The number of nitrogens with zero attached hydrogens (tertiary/aromatic N) is 3. The molecule has 4 rings (SSSR count). The van der Waals surface area contributed by atoms with E-state index in [1.54, 1.807) is 19.4 Å². The van der Waals surface area contributed by atoms with Gasteiger partial charge in [-0.1, -0.05) is 23.7 Å². The smallest absolute Gasteiger partial charge is 0.223 e. The molecule has 0 unspecified atom stereocenters. The van der Waals surface area contributed by atoms with Crippen LogP contribution in [0.1, 0.15) is 24.0 Å². The molecule has 1 aromatic heterocycles. The summed E-state index contributed by atoms with van der Waals surface area (Å²) in [5, 5.41) is 14.1. The topological polar surface area (TPSA) is 78.2 Å². The second-order valence-electron chi connectivity index (χ2n) is 7.62. The number of hydrogen-bond donors (Lipinski definition) is 1. The molecule has 1 amide bonds. The van der Waals surface area contributed by atoms with Crippen molar-refractivity contribution >= 4 is 34.1 Å². The van der Waals surface area contributed by atoms with Crippen LogP contribution in [0, 0.1) is 17.2 Å². The van der Waals surface area contributed by atoms with Gasteiger partial charge in [-0.15, -0.1) is 0 Å². The molecule has 7 heteroatoms. The number of rotatable bonds is 5. The van der Waals surface area contributed by atoms with Crippen LogP contribution in [0.3, 0.4) is 0 Å². The second kappa shape index (κ2) is 9.23. The van der Waals surface area contributed by atoms with Gasteiger partial charge < -0.3 is 15.0 Å². The molecule has 0 spiro atoms. The summed E-state index contributed by atoms with van der Waals surface area (Å²) >= 11 is 6.20. The van der Waals surface area contributed by atoms with E-state index in [0.29, 0.717) is 30.2 Å². The molecule has 1 aliphatic heterocycles. The van der Waals surface area contributed by atoms with Crippen molar-refractivity contribution < 1.29 is 9.53 Å². The first-order chi connectivity index (χ1) is 15.1. The summed E-state index contributed by atoms with van der Waals surface area (Å²) in [6, 6.07) is 15.4. The number of hydrogen-bond acceptors (Lipinski definition) is 5. The van der Waals surface area contributed by atoms with E-state index in [0.717, 1.165) is 40.7 Å². The normalized spacial score (nSPS) is 14.3. The number of nitrogens with one attached hydrogen (secondary N) is 1. The van der Waals surface area contributed by atoms with Gasteiger partial charge in [-0.05, 0) is 48.7 Å². The number of carbonyl (C=O) groups excluding carboxylic acids is 1. The number of piperidine rings is 1.